The first-order valence-electron chi connectivity index (χ1n) is 7.19. The molecule has 1 heterocycles. The van der Waals surface area contributed by atoms with Crippen molar-refractivity contribution in [3.63, 3.8) is 0 Å². The van der Waals surface area contributed by atoms with Crippen LogP contribution in [0.5, 0.6) is 0 Å². The molecule has 0 spiro atoms. The van der Waals surface area contributed by atoms with Gasteiger partial charge in [0.15, 0.2) is 0 Å². The molecule has 1 aromatic rings. The van der Waals surface area contributed by atoms with E-state index in [4.69, 9.17) is 27.9 Å². The van der Waals surface area contributed by atoms with Gasteiger partial charge >= 0.3 is 5.97 Å². The first-order chi connectivity index (χ1) is 10.9. The van der Waals surface area contributed by atoms with Gasteiger partial charge in [-0.3, -0.25) is 9.59 Å². The van der Waals surface area contributed by atoms with Crippen LogP contribution in [-0.2, 0) is 14.3 Å². The third kappa shape index (κ3) is 2.29. The maximum absolute atomic E-state index is 12.8. The predicted molar refractivity (Wildman–Crippen MR) is 94.0 cm³/mol. The Hall–Kier alpha value is -0.300. The van der Waals surface area contributed by atoms with Crippen LogP contribution < -0.4 is 5.32 Å². The number of hydrogen-bond donors (Lipinski definition) is 1. The number of carbonyl (C=O) groups is 2. The van der Waals surface area contributed by atoms with Crippen molar-refractivity contribution in [1.82, 2.24) is 0 Å². The lowest BCUT2D eigenvalue weighted by Gasteiger charge is -2.27. The molecule has 1 N–H and O–H groups in total. The van der Waals surface area contributed by atoms with Crippen LogP contribution in [0, 0.1) is 23.7 Å². The molecular formula is C15H11Br2Cl2NO3. The van der Waals surface area contributed by atoms with Crippen LogP contribution in [-0.4, -0.2) is 22.8 Å². The molecule has 1 aromatic carbocycles. The van der Waals surface area contributed by atoms with Crippen LogP contribution in [0.1, 0.15) is 6.42 Å². The van der Waals surface area contributed by atoms with E-state index in [2.05, 4.69) is 37.2 Å². The van der Waals surface area contributed by atoms with Crippen LogP contribution in [0.3, 0.4) is 0 Å². The number of hydrogen-bond acceptors (Lipinski definition) is 3. The van der Waals surface area contributed by atoms with E-state index in [0.717, 1.165) is 6.42 Å². The lowest BCUT2D eigenvalue weighted by molar-refractivity contribution is -0.145. The second kappa shape index (κ2) is 5.61. The van der Waals surface area contributed by atoms with Gasteiger partial charge in [0.25, 0.3) is 0 Å². The van der Waals surface area contributed by atoms with Gasteiger partial charge in [-0.05, 0) is 40.4 Å². The van der Waals surface area contributed by atoms with Gasteiger partial charge in [0, 0.05) is 10.4 Å². The van der Waals surface area contributed by atoms with Crippen LogP contribution in [0.4, 0.5) is 5.69 Å². The Bertz CT molecular complexity index is 729. The number of alkyl halides is 1. The molecule has 0 radical (unpaired) electrons. The number of rotatable bonds is 2. The summed E-state index contributed by atoms with van der Waals surface area (Å²) in [5, 5.41) is 3.45. The molecule has 122 valence electrons. The third-order valence-electron chi connectivity index (χ3n) is 5.12. The summed E-state index contributed by atoms with van der Waals surface area (Å²) in [7, 11) is 0. The van der Waals surface area contributed by atoms with E-state index in [1.807, 2.05) is 0 Å². The molecule has 3 aliphatic rings. The van der Waals surface area contributed by atoms with Gasteiger partial charge in [0.05, 0.1) is 32.4 Å². The standard InChI is InChI=1S/C15H11Br2Cl2NO3/c16-6-1-2-7(12(19)11(6)18)20-14(21)8-4-3-5-9(8)15(22)23-13(5)10(4)17/h1-2,4-5,8-10,13H,3H2,(H,20,21)/t4-,5-,8-,9+,10-,13+/m1/s1. The summed E-state index contributed by atoms with van der Waals surface area (Å²) in [5.41, 5.74) is 0.446. The maximum Gasteiger partial charge on any atom is 0.310 e. The monoisotopic (exact) mass is 481 g/mol. The summed E-state index contributed by atoms with van der Waals surface area (Å²) < 4.78 is 6.08. The summed E-state index contributed by atoms with van der Waals surface area (Å²) in [6.45, 7) is 0. The summed E-state index contributed by atoms with van der Waals surface area (Å²) in [5.74, 6) is -0.963. The zero-order valence-corrected chi connectivity index (χ0v) is 16.2. The molecule has 4 nitrogen and oxygen atoms in total. The highest BCUT2D eigenvalue weighted by Crippen LogP contribution is 2.60. The molecular weight excluding hydrogens is 473 g/mol. The Morgan fingerprint density at radius 1 is 1.26 bits per heavy atom. The van der Waals surface area contributed by atoms with Crippen molar-refractivity contribution in [3.8, 4) is 0 Å². The van der Waals surface area contributed by atoms with Crippen molar-refractivity contribution < 1.29 is 14.3 Å². The average Bonchev–Trinajstić information content (AvgIpc) is 3.12. The van der Waals surface area contributed by atoms with E-state index in [1.165, 1.54) is 0 Å². The van der Waals surface area contributed by atoms with Crippen molar-refractivity contribution in [2.45, 2.75) is 17.4 Å². The normalized spacial score (nSPS) is 37.1. The smallest absolute Gasteiger partial charge is 0.310 e. The minimum atomic E-state index is -0.394. The zero-order valence-electron chi connectivity index (χ0n) is 11.6. The molecule has 23 heavy (non-hydrogen) atoms. The largest absolute Gasteiger partial charge is 0.461 e. The molecule has 1 aliphatic heterocycles. The summed E-state index contributed by atoms with van der Waals surface area (Å²) in [4.78, 5) is 24.9. The second-order valence-electron chi connectivity index (χ2n) is 6.17. The molecule has 1 saturated heterocycles. The van der Waals surface area contributed by atoms with E-state index in [1.54, 1.807) is 12.1 Å². The highest BCUT2D eigenvalue weighted by Gasteiger charge is 2.67. The Balaban J connectivity index is 1.61. The second-order valence-corrected chi connectivity index (χ2v) is 8.84. The highest BCUT2D eigenvalue weighted by molar-refractivity contribution is 9.10. The summed E-state index contributed by atoms with van der Waals surface area (Å²) in [6.07, 6.45) is 0.747. The quantitative estimate of drug-likeness (QED) is 0.388. The van der Waals surface area contributed by atoms with Gasteiger partial charge in [-0.2, -0.15) is 0 Å². The maximum atomic E-state index is 12.8. The summed E-state index contributed by atoms with van der Waals surface area (Å²) >= 11 is 19.2. The number of amides is 1. The zero-order chi connectivity index (χ0) is 16.5. The van der Waals surface area contributed by atoms with Crippen LogP contribution in [0.15, 0.2) is 16.6 Å². The Labute approximate surface area is 159 Å². The number of halogens is 4. The molecule has 2 saturated carbocycles. The number of anilines is 1. The molecule has 0 aromatic heterocycles. The van der Waals surface area contributed by atoms with Gasteiger partial charge in [0.2, 0.25) is 5.91 Å². The minimum Gasteiger partial charge on any atom is -0.461 e. The molecule has 2 aliphatic carbocycles. The molecule has 1 amide bonds. The minimum absolute atomic E-state index is 0.0370. The lowest BCUT2D eigenvalue weighted by Crippen LogP contribution is -2.40. The fourth-order valence-electron chi connectivity index (χ4n) is 4.17. The number of nitrogens with one attached hydrogen (secondary N) is 1. The van der Waals surface area contributed by atoms with E-state index >= 15 is 0 Å². The van der Waals surface area contributed by atoms with Crippen LogP contribution >= 0.6 is 55.1 Å². The Morgan fingerprint density at radius 3 is 2.74 bits per heavy atom. The van der Waals surface area contributed by atoms with Gasteiger partial charge in [-0.15, -0.1) is 0 Å². The van der Waals surface area contributed by atoms with E-state index in [0.29, 0.717) is 15.2 Å². The summed E-state index contributed by atoms with van der Waals surface area (Å²) in [6, 6.07) is 3.41. The van der Waals surface area contributed by atoms with Crippen LogP contribution in [0.2, 0.25) is 10.0 Å². The van der Waals surface area contributed by atoms with Gasteiger partial charge in [0.1, 0.15) is 6.10 Å². The SMILES string of the molecule is O=C(Nc1ccc(Br)c(Cl)c1Cl)[C@@H]1[C@H]2C[C@H]3[C@H](OC(=O)[C@@H]31)[C@@H]2Br. The number of benzene rings is 1. The molecule has 0 unspecified atom stereocenters. The van der Waals surface area contributed by atoms with E-state index < -0.39 is 5.92 Å². The van der Waals surface area contributed by atoms with Crippen LogP contribution in [0.25, 0.3) is 0 Å². The van der Waals surface area contributed by atoms with Gasteiger partial charge in [-0.1, -0.05) is 39.1 Å². The Morgan fingerprint density at radius 2 is 2.00 bits per heavy atom. The van der Waals surface area contributed by atoms with Gasteiger partial charge < -0.3 is 10.1 Å². The number of carbonyl (C=O) groups excluding carboxylic acids is 2. The molecule has 3 fully saturated rings. The van der Waals surface area contributed by atoms with E-state index in [-0.39, 0.29) is 45.6 Å². The fraction of sp³-hybridized carbons (Fsp3) is 0.467. The van der Waals surface area contributed by atoms with Crippen molar-refractivity contribution in [2.24, 2.45) is 23.7 Å². The molecule has 2 bridgehead atoms. The van der Waals surface area contributed by atoms with Crippen molar-refractivity contribution in [2.75, 3.05) is 5.32 Å². The molecule has 4 rings (SSSR count). The van der Waals surface area contributed by atoms with Crippen molar-refractivity contribution in [1.29, 1.82) is 0 Å². The predicted octanol–water partition coefficient (Wildman–Crippen LogP) is 4.27. The molecule has 6 atom stereocenters. The Kier molecular flexibility index (Phi) is 3.95. The lowest BCUT2D eigenvalue weighted by atomic mass is 9.79. The van der Waals surface area contributed by atoms with Crippen molar-refractivity contribution >= 4 is 72.6 Å². The van der Waals surface area contributed by atoms with Gasteiger partial charge in [-0.25, -0.2) is 0 Å². The van der Waals surface area contributed by atoms with Crippen molar-refractivity contribution in [3.05, 3.63) is 26.7 Å². The first-order valence-corrected chi connectivity index (χ1v) is 9.65. The molecule has 8 heteroatoms. The number of esters is 1. The first kappa shape index (κ1) is 16.2. The number of fused-ring (bicyclic) bond motifs is 1. The topological polar surface area (TPSA) is 55.4 Å². The fourth-order valence-corrected chi connectivity index (χ4v) is 6.03. The average molecular weight is 484 g/mol. The highest BCUT2D eigenvalue weighted by atomic mass is 79.9. The number of ether oxygens (including phenoxy) is 1. The third-order valence-corrected chi connectivity index (χ3v) is 8.09. The van der Waals surface area contributed by atoms with E-state index in [9.17, 15) is 9.59 Å².